The summed E-state index contributed by atoms with van der Waals surface area (Å²) in [5, 5.41) is 0. The minimum absolute atomic E-state index is 0.0132. The van der Waals surface area contributed by atoms with Crippen molar-refractivity contribution in [2.45, 2.75) is 19.0 Å². The number of amides is 1. The van der Waals surface area contributed by atoms with Crippen LogP contribution in [-0.2, 0) is 12.1 Å². The van der Waals surface area contributed by atoms with Gasteiger partial charge >= 0.3 is 0 Å². The fraction of sp³-hybridized carbons (Fsp3) is 0.125. The van der Waals surface area contributed by atoms with Gasteiger partial charge in [0, 0.05) is 12.1 Å². The molecule has 3 aromatic carbocycles. The minimum atomic E-state index is -0.621. The van der Waals surface area contributed by atoms with Crippen LogP contribution in [0.2, 0.25) is 0 Å². The number of rotatable bonds is 6. The van der Waals surface area contributed by atoms with Crippen LogP contribution < -0.4 is 0 Å². The lowest BCUT2D eigenvalue weighted by Crippen LogP contribution is -2.45. The monoisotopic (exact) mass is 341 g/mol. The molecule has 1 amide bonds. The average Bonchev–Trinajstić information content (AvgIpc) is 2.73. The number of hydrogen-bond donors (Lipinski definition) is 0. The van der Waals surface area contributed by atoms with Crippen molar-refractivity contribution in [2.75, 3.05) is 0 Å². The molecule has 1 atom stereocenters. The van der Waals surface area contributed by atoms with Crippen molar-refractivity contribution < 1.29 is 4.79 Å². The molecule has 26 heavy (non-hydrogen) atoms. The zero-order valence-electron chi connectivity index (χ0n) is 15.0. The van der Waals surface area contributed by atoms with Crippen LogP contribution in [-0.4, -0.2) is 10.8 Å². The number of carbonyl (C=O) groups excluding carboxylic acids is 1. The Morgan fingerprint density at radius 3 is 1.92 bits per heavy atom. The van der Waals surface area contributed by atoms with E-state index in [4.69, 9.17) is 0 Å². The van der Waals surface area contributed by atoms with Crippen molar-refractivity contribution in [1.29, 1.82) is 0 Å². The smallest absolute Gasteiger partial charge is 0.255 e. The van der Waals surface area contributed by atoms with E-state index in [0.29, 0.717) is 12.1 Å². The van der Waals surface area contributed by atoms with Crippen LogP contribution in [0.25, 0.3) is 0 Å². The van der Waals surface area contributed by atoms with Crippen LogP contribution in [0, 0.1) is 0 Å². The normalized spacial score (nSPS) is 12.8. The van der Waals surface area contributed by atoms with E-state index in [1.807, 2.05) is 109 Å². The Labute approximate surface area is 155 Å². The van der Waals surface area contributed by atoms with Crippen molar-refractivity contribution in [3.63, 3.8) is 0 Å². The first-order chi connectivity index (χ1) is 12.6. The van der Waals surface area contributed by atoms with Gasteiger partial charge in [-0.2, -0.15) is 0 Å². The van der Waals surface area contributed by atoms with E-state index in [-0.39, 0.29) is 5.91 Å². The Morgan fingerprint density at radius 2 is 1.38 bits per heavy atom. The van der Waals surface area contributed by atoms with Gasteiger partial charge in [-0.15, -0.1) is 6.58 Å². The predicted molar refractivity (Wildman–Crippen MR) is 107 cm³/mol. The lowest BCUT2D eigenvalue weighted by Gasteiger charge is -2.40. The number of nitrogens with zero attached hydrogens (tertiary/aromatic N) is 1. The van der Waals surface area contributed by atoms with Crippen LogP contribution in [0.4, 0.5) is 0 Å². The van der Waals surface area contributed by atoms with Gasteiger partial charge in [-0.05, 0) is 30.2 Å². The molecule has 0 spiro atoms. The summed E-state index contributed by atoms with van der Waals surface area (Å²) in [6.07, 6.45) is 1.85. The molecule has 0 aromatic heterocycles. The standard InChI is InChI=1S/C24H23NO/c1-3-24(2,22-17-11-6-12-18-22)25(19-20-13-7-4-8-14-20)23(26)21-15-9-5-10-16-21/h3-18H,1,19H2,2H3/t24-/m0/s1. The maximum Gasteiger partial charge on any atom is 0.255 e. The SMILES string of the molecule is C=C[C@@](C)(c1ccccc1)N(Cc1ccccc1)C(=O)c1ccccc1. The van der Waals surface area contributed by atoms with E-state index in [9.17, 15) is 4.79 Å². The van der Waals surface area contributed by atoms with Crippen molar-refractivity contribution in [2.24, 2.45) is 0 Å². The molecule has 0 radical (unpaired) electrons. The van der Waals surface area contributed by atoms with Gasteiger partial charge in [-0.25, -0.2) is 0 Å². The average molecular weight is 341 g/mol. The number of carbonyl (C=O) groups is 1. The maximum absolute atomic E-state index is 13.4. The Hall–Kier alpha value is -3.13. The molecule has 0 saturated carbocycles. The third-order valence-corrected chi connectivity index (χ3v) is 4.77. The van der Waals surface area contributed by atoms with Crippen LogP contribution in [0.15, 0.2) is 104 Å². The third-order valence-electron chi connectivity index (χ3n) is 4.77. The molecule has 2 nitrogen and oxygen atoms in total. The molecule has 0 aliphatic rings. The van der Waals surface area contributed by atoms with Gasteiger partial charge in [-0.1, -0.05) is 84.9 Å². The Bertz CT molecular complexity index is 858. The second-order valence-electron chi connectivity index (χ2n) is 6.46. The van der Waals surface area contributed by atoms with Gasteiger partial charge in [0.2, 0.25) is 0 Å². The fourth-order valence-electron chi connectivity index (χ4n) is 3.11. The summed E-state index contributed by atoms with van der Waals surface area (Å²) < 4.78 is 0. The second kappa shape index (κ2) is 7.83. The summed E-state index contributed by atoms with van der Waals surface area (Å²) in [6, 6.07) is 29.5. The lowest BCUT2D eigenvalue weighted by atomic mass is 9.88. The van der Waals surface area contributed by atoms with Gasteiger partial charge in [0.1, 0.15) is 0 Å². The largest absolute Gasteiger partial charge is 0.321 e. The van der Waals surface area contributed by atoms with Crippen LogP contribution in [0.3, 0.4) is 0 Å². The summed E-state index contributed by atoms with van der Waals surface area (Å²) in [6.45, 7) is 6.60. The highest BCUT2D eigenvalue weighted by Gasteiger charge is 2.34. The van der Waals surface area contributed by atoms with Gasteiger partial charge < -0.3 is 4.90 Å². The first kappa shape index (κ1) is 17.7. The van der Waals surface area contributed by atoms with Crippen molar-refractivity contribution in [1.82, 2.24) is 4.90 Å². The van der Waals surface area contributed by atoms with E-state index < -0.39 is 5.54 Å². The van der Waals surface area contributed by atoms with Crippen molar-refractivity contribution in [3.8, 4) is 0 Å². The van der Waals surface area contributed by atoms with E-state index in [1.54, 1.807) is 0 Å². The highest BCUT2D eigenvalue weighted by Crippen LogP contribution is 2.32. The summed E-state index contributed by atoms with van der Waals surface area (Å²) >= 11 is 0. The zero-order valence-corrected chi connectivity index (χ0v) is 15.0. The topological polar surface area (TPSA) is 20.3 Å². The summed E-state index contributed by atoms with van der Waals surface area (Å²) in [7, 11) is 0. The van der Waals surface area contributed by atoms with Crippen LogP contribution in [0.5, 0.6) is 0 Å². The number of benzene rings is 3. The van der Waals surface area contributed by atoms with Crippen LogP contribution in [0.1, 0.15) is 28.4 Å². The van der Waals surface area contributed by atoms with Gasteiger partial charge in [-0.3, -0.25) is 4.79 Å². The molecule has 3 rings (SSSR count). The van der Waals surface area contributed by atoms with Crippen LogP contribution >= 0.6 is 0 Å². The molecule has 3 aromatic rings. The van der Waals surface area contributed by atoms with E-state index in [0.717, 1.165) is 11.1 Å². The van der Waals surface area contributed by atoms with Gasteiger partial charge in [0.05, 0.1) is 5.54 Å². The summed E-state index contributed by atoms with van der Waals surface area (Å²) in [5.74, 6) is -0.0132. The lowest BCUT2D eigenvalue weighted by molar-refractivity contribution is 0.0571. The third kappa shape index (κ3) is 3.60. The highest BCUT2D eigenvalue weighted by molar-refractivity contribution is 5.95. The maximum atomic E-state index is 13.4. The van der Waals surface area contributed by atoms with Crippen molar-refractivity contribution >= 4 is 5.91 Å². The minimum Gasteiger partial charge on any atom is -0.321 e. The summed E-state index contributed by atoms with van der Waals surface area (Å²) in [5.41, 5.74) is 2.17. The molecule has 0 unspecified atom stereocenters. The molecular formula is C24H23NO. The molecule has 2 heteroatoms. The summed E-state index contributed by atoms with van der Waals surface area (Å²) in [4.78, 5) is 15.3. The molecule has 0 aliphatic carbocycles. The second-order valence-corrected chi connectivity index (χ2v) is 6.46. The molecular weight excluding hydrogens is 318 g/mol. The quantitative estimate of drug-likeness (QED) is 0.547. The fourth-order valence-corrected chi connectivity index (χ4v) is 3.11. The molecule has 0 heterocycles. The molecule has 0 fully saturated rings. The first-order valence-corrected chi connectivity index (χ1v) is 8.75. The van der Waals surface area contributed by atoms with Gasteiger partial charge in [0.15, 0.2) is 0 Å². The Kier molecular flexibility index (Phi) is 5.33. The number of hydrogen-bond acceptors (Lipinski definition) is 1. The molecule has 0 saturated heterocycles. The van der Waals surface area contributed by atoms with Gasteiger partial charge in [0.25, 0.3) is 5.91 Å². The van der Waals surface area contributed by atoms with Crippen molar-refractivity contribution in [3.05, 3.63) is 120 Å². The molecule has 0 aliphatic heterocycles. The van der Waals surface area contributed by atoms with E-state index >= 15 is 0 Å². The first-order valence-electron chi connectivity index (χ1n) is 8.75. The predicted octanol–water partition coefficient (Wildman–Crippen LogP) is 5.43. The van der Waals surface area contributed by atoms with E-state index in [1.165, 1.54) is 0 Å². The molecule has 130 valence electrons. The highest BCUT2D eigenvalue weighted by atomic mass is 16.2. The Morgan fingerprint density at radius 1 is 0.885 bits per heavy atom. The Balaban J connectivity index is 2.07. The zero-order chi connectivity index (χ0) is 18.4. The molecule has 0 bridgehead atoms. The molecule has 0 N–H and O–H groups in total. The van der Waals surface area contributed by atoms with E-state index in [2.05, 4.69) is 6.58 Å².